The van der Waals surface area contributed by atoms with Crippen molar-refractivity contribution in [2.24, 2.45) is 27.7 Å². The number of hydrogen-bond donors (Lipinski definition) is 0. The zero-order chi connectivity index (χ0) is 12.8. The van der Waals surface area contributed by atoms with Gasteiger partial charge in [-0.15, -0.1) is 0 Å². The van der Waals surface area contributed by atoms with E-state index in [1.54, 1.807) is 0 Å². The summed E-state index contributed by atoms with van der Waals surface area (Å²) in [4.78, 5) is 5.08. The van der Waals surface area contributed by atoms with E-state index in [1.807, 2.05) is 0 Å². The van der Waals surface area contributed by atoms with Crippen LogP contribution >= 0.6 is 0 Å². The topological polar surface area (TPSA) is 12.4 Å². The molecule has 0 heterocycles. The van der Waals surface area contributed by atoms with E-state index >= 15 is 0 Å². The Morgan fingerprint density at radius 1 is 1.24 bits per heavy atom. The molecule has 0 radical (unpaired) electrons. The van der Waals surface area contributed by atoms with Gasteiger partial charge in [0.15, 0.2) is 0 Å². The lowest BCUT2D eigenvalue weighted by Crippen LogP contribution is -2.33. The number of nitrogens with zero attached hydrogens (tertiary/aromatic N) is 1. The molecule has 2 aliphatic carbocycles. The van der Waals surface area contributed by atoms with Gasteiger partial charge in [-0.2, -0.15) is 0 Å². The molecule has 0 amide bonds. The Bertz CT molecular complexity index is 326. The largest absolute Gasteiger partial charge is 0.290 e. The van der Waals surface area contributed by atoms with E-state index in [-0.39, 0.29) is 0 Å². The first-order chi connectivity index (χ1) is 7.77. The predicted molar refractivity (Wildman–Crippen MR) is 75.6 cm³/mol. The van der Waals surface area contributed by atoms with Crippen molar-refractivity contribution >= 4 is 5.71 Å². The Labute approximate surface area is 107 Å². The lowest BCUT2D eigenvalue weighted by molar-refractivity contribution is 0.193. The van der Waals surface area contributed by atoms with Gasteiger partial charge in [0.2, 0.25) is 0 Å². The van der Waals surface area contributed by atoms with Gasteiger partial charge in [-0.1, -0.05) is 34.6 Å². The van der Waals surface area contributed by atoms with E-state index in [0.717, 1.165) is 11.8 Å². The molecule has 0 spiro atoms. The highest BCUT2D eigenvalue weighted by Gasteiger charge is 2.59. The molecule has 17 heavy (non-hydrogen) atoms. The fourth-order valence-corrected chi connectivity index (χ4v) is 4.12. The maximum Gasteiger partial charge on any atom is 0.0473 e. The van der Waals surface area contributed by atoms with Crippen LogP contribution in [0.25, 0.3) is 0 Å². The molecule has 2 saturated carbocycles. The summed E-state index contributed by atoms with van der Waals surface area (Å²) in [7, 11) is 0. The van der Waals surface area contributed by atoms with Crippen LogP contribution in [-0.2, 0) is 0 Å². The monoisotopic (exact) mass is 235 g/mol. The third-order valence-corrected chi connectivity index (χ3v) is 5.70. The first kappa shape index (κ1) is 13.1. The van der Waals surface area contributed by atoms with Crippen LogP contribution in [0.15, 0.2) is 4.99 Å². The molecular weight excluding hydrogens is 206 g/mol. The van der Waals surface area contributed by atoms with Gasteiger partial charge >= 0.3 is 0 Å². The molecule has 0 aromatic carbocycles. The number of rotatable bonds is 3. The standard InChI is InChI=1S/C16H29N/c1-11(2)9-12(3)17-14-10-13-7-8-16(14,6)15(13,4)5/h11-13H,7-10H2,1-6H3/t12-,13-,16-/m0/s1. The minimum absolute atomic E-state index is 0.392. The van der Waals surface area contributed by atoms with E-state index < -0.39 is 0 Å². The average molecular weight is 235 g/mol. The Hall–Kier alpha value is -0.330. The molecule has 2 rings (SSSR count). The van der Waals surface area contributed by atoms with Crippen LogP contribution in [-0.4, -0.2) is 11.8 Å². The van der Waals surface area contributed by atoms with Crippen molar-refractivity contribution in [3.05, 3.63) is 0 Å². The maximum atomic E-state index is 5.08. The van der Waals surface area contributed by atoms with Gasteiger partial charge < -0.3 is 0 Å². The fraction of sp³-hybridized carbons (Fsp3) is 0.938. The van der Waals surface area contributed by atoms with Crippen molar-refractivity contribution in [3.8, 4) is 0 Å². The summed E-state index contributed by atoms with van der Waals surface area (Å²) in [6, 6.07) is 0.511. The first-order valence-corrected chi connectivity index (χ1v) is 7.34. The van der Waals surface area contributed by atoms with Crippen molar-refractivity contribution in [2.45, 2.75) is 73.3 Å². The summed E-state index contributed by atoms with van der Waals surface area (Å²) in [5.74, 6) is 1.64. The smallest absolute Gasteiger partial charge is 0.0473 e. The molecule has 0 saturated heterocycles. The van der Waals surface area contributed by atoms with Gasteiger partial charge in [-0.3, -0.25) is 4.99 Å². The fourth-order valence-electron chi connectivity index (χ4n) is 4.12. The van der Waals surface area contributed by atoms with E-state index in [9.17, 15) is 0 Å². The molecule has 2 fully saturated rings. The highest BCUT2D eigenvalue weighted by atomic mass is 14.8. The summed E-state index contributed by atoms with van der Waals surface area (Å²) >= 11 is 0. The highest BCUT2D eigenvalue weighted by Crippen LogP contribution is 2.64. The van der Waals surface area contributed by atoms with Gasteiger partial charge in [0.25, 0.3) is 0 Å². The van der Waals surface area contributed by atoms with Crippen molar-refractivity contribution in [1.82, 2.24) is 0 Å². The predicted octanol–water partition coefficient (Wildman–Crippen LogP) is 4.71. The van der Waals surface area contributed by atoms with E-state index in [4.69, 9.17) is 4.99 Å². The SMILES string of the molecule is CC(C)C[C@H](C)N=C1C[C@@H]2CC[C@]1(C)C2(C)C. The lowest BCUT2D eigenvalue weighted by Gasteiger charge is -2.35. The van der Waals surface area contributed by atoms with Crippen LogP contribution in [0.5, 0.6) is 0 Å². The minimum atomic E-state index is 0.392. The molecule has 0 aromatic heterocycles. The minimum Gasteiger partial charge on any atom is -0.290 e. The zero-order valence-corrected chi connectivity index (χ0v) is 12.5. The molecule has 98 valence electrons. The maximum absolute atomic E-state index is 5.08. The molecule has 0 N–H and O–H groups in total. The number of hydrogen-bond acceptors (Lipinski definition) is 1. The second-order valence-electron chi connectivity index (χ2n) is 7.55. The molecule has 0 unspecified atom stereocenters. The van der Waals surface area contributed by atoms with Crippen molar-refractivity contribution in [3.63, 3.8) is 0 Å². The second kappa shape index (κ2) is 4.10. The quantitative estimate of drug-likeness (QED) is 0.672. The van der Waals surface area contributed by atoms with Crippen molar-refractivity contribution < 1.29 is 0 Å². The molecule has 1 nitrogen and oxygen atoms in total. The van der Waals surface area contributed by atoms with Crippen LogP contribution in [0.2, 0.25) is 0 Å². The van der Waals surface area contributed by atoms with Crippen LogP contribution in [0.1, 0.15) is 67.2 Å². The van der Waals surface area contributed by atoms with Crippen LogP contribution in [0, 0.1) is 22.7 Å². The van der Waals surface area contributed by atoms with Gasteiger partial charge in [0.05, 0.1) is 0 Å². The van der Waals surface area contributed by atoms with Crippen molar-refractivity contribution in [2.75, 3.05) is 0 Å². The van der Waals surface area contributed by atoms with Gasteiger partial charge in [-0.25, -0.2) is 0 Å². The van der Waals surface area contributed by atoms with Crippen LogP contribution in [0.4, 0.5) is 0 Å². The normalized spacial score (nSPS) is 39.2. The summed E-state index contributed by atoms with van der Waals surface area (Å²) in [5.41, 5.74) is 2.40. The Morgan fingerprint density at radius 3 is 2.29 bits per heavy atom. The van der Waals surface area contributed by atoms with Crippen molar-refractivity contribution in [1.29, 1.82) is 0 Å². The van der Waals surface area contributed by atoms with Gasteiger partial charge in [0, 0.05) is 17.2 Å². The molecule has 0 aliphatic heterocycles. The number of fused-ring (bicyclic) bond motifs is 2. The Morgan fingerprint density at radius 2 is 1.88 bits per heavy atom. The van der Waals surface area contributed by atoms with E-state index in [0.29, 0.717) is 16.9 Å². The summed E-state index contributed by atoms with van der Waals surface area (Å²) in [6.45, 7) is 14.3. The first-order valence-electron chi connectivity index (χ1n) is 7.34. The number of aliphatic imine (C=N–C) groups is 1. The third kappa shape index (κ3) is 1.96. The molecule has 3 atom stereocenters. The summed E-state index contributed by atoms with van der Waals surface area (Å²) < 4.78 is 0. The lowest BCUT2D eigenvalue weighted by atomic mass is 9.70. The van der Waals surface area contributed by atoms with Gasteiger partial charge in [0.1, 0.15) is 0 Å². The molecule has 2 bridgehead atoms. The van der Waals surface area contributed by atoms with E-state index in [1.165, 1.54) is 31.4 Å². The second-order valence-corrected chi connectivity index (χ2v) is 7.55. The molecule has 2 aliphatic rings. The van der Waals surface area contributed by atoms with E-state index in [2.05, 4.69) is 41.5 Å². The van der Waals surface area contributed by atoms with Crippen LogP contribution in [0.3, 0.4) is 0 Å². The molecule has 1 heteroatoms. The third-order valence-electron chi connectivity index (χ3n) is 5.70. The average Bonchev–Trinajstić information content (AvgIpc) is 2.49. The van der Waals surface area contributed by atoms with Crippen LogP contribution < -0.4 is 0 Å². The Balaban J connectivity index is 2.17. The Kier molecular flexibility index (Phi) is 3.16. The zero-order valence-electron chi connectivity index (χ0n) is 12.5. The highest BCUT2D eigenvalue weighted by molar-refractivity contribution is 5.94. The van der Waals surface area contributed by atoms with Gasteiger partial charge in [-0.05, 0) is 49.9 Å². The summed E-state index contributed by atoms with van der Waals surface area (Å²) in [5, 5.41) is 0. The summed E-state index contributed by atoms with van der Waals surface area (Å²) in [6.07, 6.45) is 5.27. The molecular formula is C16H29N. The molecule has 0 aromatic rings.